The molecule has 1 atom stereocenters. The van der Waals surface area contributed by atoms with Crippen LogP contribution in [0.25, 0.3) is 11.7 Å². The molecule has 3 heterocycles. The third kappa shape index (κ3) is 5.63. The zero-order chi connectivity index (χ0) is 28.9. The van der Waals surface area contributed by atoms with Crippen LogP contribution in [0.15, 0.2) is 10.9 Å². The van der Waals surface area contributed by atoms with Gasteiger partial charge in [-0.2, -0.15) is 9.61 Å². The lowest BCUT2D eigenvalue weighted by Crippen LogP contribution is -2.55. The fourth-order valence-electron chi connectivity index (χ4n) is 5.84. The molecule has 2 saturated carbocycles. The van der Waals surface area contributed by atoms with Crippen molar-refractivity contribution in [3.8, 4) is 5.88 Å². The summed E-state index contributed by atoms with van der Waals surface area (Å²) >= 11 is 0. The van der Waals surface area contributed by atoms with E-state index >= 15 is 0 Å². The average molecular weight is 561 g/mol. The number of nitrogens with one attached hydrogen (secondary N) is 1. The van der Waals surface area contributed by atoms with E-state index in [-0.39, 0.29) is 48.2 Å². The van der Waals surface area contributed by atoms with Crippen molar-refractivity contribution in [2.24, 2.45) is 11.8 Å². The molecular weight excluding hydrogens is 522 g/mol. The number of alkyl halides is 2. The second-order valence-electron chi connectivity index (χ2n) is 12.1. The van der Waals surface area contributed by atoms with Gasteiger partial charge in [0.15, 0.2) is 5.56 Å². The molecule has 0 aromatic carbocycles. The summed E-state index contributed by atoms with van der Waals surface area (Å²) in [7, 11) is 0. The number of carbonyl (C=O) groups excluding carboxylic acids is 2. The summed E-state index contributed by atoms with van der Waals surface area (Å²) in [6, 6.07) is -0.0798. The molecule has 5 rings (SSSR count). The molecule has 0 spiro atoms. The topological polar surface area (TPSA) is 112 Å². The third-order valence-electron chi connectivity index (χ3n) is 7.99. The number of hydrogen-bond donors (Lipinski definition) is 2. The van der Waals surface area contributed by atoms with E-state index in [0.717, 1.165) is 17.4 Å². The van der Waals surface area contributed by atoms with Gasteiger partial charge in [0.05, 0.1) is 5.69 Å². The molecule has 10 nitrogen and oxygen atoms in total. The summed E-state index contributed by atoms with van der Waals surface area (Å²) in [5, 5.41) is 18.3. The number of fused-ring (bicyclic) bond motifs is 1. The Morgan fingerprint density at radius 2 is 1.93 bits per heavy atom. The molecule has 2 amide bonds. The van der Waals surface area contributed by atoms with Gasteiger partial charge in [0.25, 0.3) is 11.5 Å². The van der Waals surface area contributed by atoms with Crippen LogP contribution in [0.1, 0.15) is 68.1 Å². The van der Waals surface area contributed by atoms with Crippen LogP contribution in [0.3, 0.4) is 0 Å². The number of hydrogen-bond acceptors (Lipinski definition) is 6. The number of rotatable bonds is 8. The Morgan fingerprint density at radius 1 is 1.23 bits per heavy atom. The van der Waals surface area contributed by atoms with Gasteiger partial charge in [0.1, 0.15) is 5.65 Å². The van der Waals surface area contributed by atoms with E-state index in [1.165, 1.54) is 10.6 Å². The summed E-state index contributed by atoms with van der Waals surface area (Å²) in [5.41, 5.74) is 0.247. The lowest BCUT2D eigenvalue weighted by atomic mass is 9.81. The lowest BCUT2D eigenvalue weighted by Gasteiger charge is -2.43. The standard InChI is InChI=1S/C28H38F2N6O4/c1-16(2)13-35-25-21(18(4)32-36(25)27(40)23(26(35)39)24(38)31-20-5-6-20)7-8-22(37)34-10-9-33(14-17(34)3)15-19-11-28(29,30)12-19/h7-8,16-17,19-20,39H,5-6,9-15H2,1-4H3,(H,31,38). The molecule has 12 heteroatoms. The van der Waals surface area contributed by atoms with E-state index in [1.807, 2.05) is 20.8 Å². The minimum Gasteiger partial charge on any atom is -0.494 e. The Balaban J connectivity index is 1.38. The van der Waals surface area contributed by atoms with Gasteiger partial charge in [-0.3, -0.25) is 23.9 Å². The van der Waals surface area contributed by atoms with Crippen LogP contribution >= 0.6 is 0 Å². The van der Waals surface area contributed by atoms with Gasteiger partial charge in [-0.25, -0.2) is 8.78 Å². The molecule has 1 unspecified atom stereocenters. The third-order valence-corrected chi connectivity index (χ3v) is 7.99. The van der Waals surface area contributed by atoms with Crippen molar-refractivity contribution in [2.45, 2.75) is 77.9 Å². The number of carbonyl (C=O) groups is 2. The van der Waals surface area contributed by atoms with Crippen molar-refractivity contribution >= 4 is 23.5 Å². The van der Waals surface area contributed by atoms with Gasteiger partial charge in [-0.15, -0.1) is 0 Å². The first-order chi connectivity index (χ1) is 18.8. The number of amides is 2. The Hall–Kier alpha value is -3.28. The van der Waals surface area contributed by atoms with Gasteiger partial charge in [-0.05, 0) is 44.6 Å². The van der Waals surface area contributed by atoms with Crippen molar-refractivity contribution in [1.29, 1.82) is 0 Å². The molecule has 2 aliphatic carbocycles. The van der Waals surface area contributed by atoms with E-state index in [9.17, 15) is 28.3 Å². The fraction of sp³-hybridized carbons (Fsp3) is 0.643. The van der Waals surface area contributed by atoms with Crippen LogP contribution in [0.5, 0.6) is 5.88 Å². The van der Waals surface area contributed by atoms with Crippen LogP contribution in [-0.4, -0.2) is 85.1 Å². The highest BCUT2D eigenvalue weighted by atomic mass is 19.3. The van der Waals surface area contributed by atoms with E-state index in [4.69, 9.17) is 0 Å². The number of aromatic nitrogens is 3. The first-order valence-electron chi connectivity index (χ1n) is 14.1. The highest BCUT2D eigenvalue weighted by Gasteiger charge is 2.46. The molecule has 0 bridgehead atoms. The van der Waals surface area contributed by atoms with Crippen molar-refractivity contribution in [3.63, 3.8) is 0 Å². The molecule has 40 heavy (non-hydrogen) atoms. The molecule has 1 aliphatic heterocycles. The molecule has 2 aromatic heterocycles. The van der Waals surface area contributed by atoms with E-state index < -0.39 is 23.3 Å². The second kappa shape index (κ2) is 10.6. The maximum Gasteiger partial charge on any atom is 0.291 e. The van der Waals surface area contributed by atoms with Gasteiger partial charge in [0.2, 0.25) is 17.7 Å². The van der Waals surface area contributed by atoms with Gasteiger partial charge < -0.3 is 15.3 Å². The second-order valence-corrected chi connectivity index (χ2v) is 12.1. The van der Waals surface area contributed by atoms with Gasteiger partial charge >= 0.3 is 0 Å². The zero-order valence-corrected chi connectivity index (χ0v) is 23.5. The Morgan fingerprint density at radius 3 is 2.52 bits per heavy atom. The van der Waals surface area contributed by atoms with Gasteiger partial charge in [0, 0.05) is 69.3 Å². The number of aromatic hydroxyl groups is 1. The monoisotopic (exact) mass is 560 g/mol. The highest BCUT2D eigenvalue weighted by molar-refractivity contribution is 5.97. The maximum absolute atomic E-state index is 13.3. The summed E-state index contributed by atoms with van der Waals surface area (Å²) in [6.45, 7) is 10.2. The number of aryl methyl sites for hydroxylation is 1. The molecule has 3 fully saturated rings. The molecule has 3 aliphatic rings. The fourth-order valence-corrected chi connectivity index (χ4v) is 5.84. The van der Waals surface area contributed by atoms with Crippen LogP contribution < -0.4 is 10.9 Å². The van der Waals surface area contributed by atoms with Crippen LogP contribution in [0.2, 0.25) is 0 Å². The van der Waals surface area contributed by atoms with E-state index in [1.54, 1.807) is 17.9 Å². The Kier molecular flexibility index (Phi) is 7.49. The molecule has 218 valence electrons. The summed E-state index contributed by atoms with van der Waals surface area (Å²) in [6.07, 6.45) is 4.60. The Labute approximate surface area is 231 Å². The van der Waals surface area contributed by atoms with Crippen LogP contribution in [0.4, 0.5) is 8.78 Å². The average Bonchev–Trinajstić information content (AvgIpc) is 3.59. The smallest absolute Gasteiger partial charge is 0.291 e. The summed E-state index contributed by atoms with van der Waals surface area (Å²) in [4.78, 5) is 43.3. The predicted octanol–water partition coefficient (Wildman–Crippen LogP) is 2.65. The summed E-state index contributed by atoms with van der Waals surface area (Å²) in [5.74, 6) is -3.69. The first-order valence-corrected chi connectivity index (χ1v) is 14.1. The minimum atomic E-state index is -2.53. The largest absolute Gasteiger partial charge is 0.494 e. The number of piperazine rings is 1. The van der Waals surface area contributed by atoms with Crippen molar-refractivity contribution < 1.29 is 23.5 Å². The van der Waals surface area contributed by atoms with Crippen molar-refractivity contribution in [3.05, 3.63) is 33.3 Å². The highest BCUT2D eigenvalue weighted by Crippen LogP contribution is 2.42. The van der Waals surface area contributed by atoms with Crippen LogP contribution in [-0.2, 0) is 11.3 Å². The lowest BCUT2D eigenvalue weighted by molar-refractivity contribution is -0.132. The van der Waals surface area contributed by atoms with Crippen LogP contribution in [0, 0.1) is 18.8 Å². The van der Waals surface area contributed by atoms with Crippen molar-refractivity contribution in [1.82, 2.24) is 29.3 Å². The number of halogens is 2. The zero-order valence-electron chi connectivity index (χ0n) is 23.5. The van der Waals surface area contributed by atoms with Crippen molar-refractivity contribution in [2.75, 3.05) is 26.2 Å². The Bertz CT molecular complexity index is 1400. The normalized spacial score (nSPS) is 21.9. The van der Waals surface area contributed by atoms with E-state index in [0.29, 0.717) is 49.6 Å². The first kappa shape index (κ1) is 28.3. The SMILES string of the molecule is Cc1nn2c(=O)c(C(=O)NC3CC3)c(O)n(CC(C)C)c2c1C=CC(=O)N1CCN(CC2CC(F)(F)C2)CC1C. The molecule has 2 aromatic rings. The molecule has 0 radical (unpaired) electrons. The predicted molar refractivity (Wildman–Crippen MR) is 145 cm³/mol. The number of nitrogens with zero attached hydrogens (tertiary/aromatic N) is 5. The van der Waals surface area contributed by atoms with Gasteiger partial charge in [-0.1, -0.05) is 13.8 Å². The quantitative estimate of drug-likeness (QED) is 0.481. The van der Waals surface area contributed by atoms with E-state index in [2.05, 4.69) is 15.3 Å². The minimum absolute atomic E-state index is 0.00287. The molecule has 1 saturated heterocycles. The maximum atomic E-state index is 13.3. The summed E-state index contributed by atoms with van der Waals surface area (Å²) < 4.78 is 29.1. The molecule has 2 N–H and O–H groups in total. The molecular formula is C28H38F2N6O4.